The Bertz CT molecular complexity index is 926. The standard InChI is InChI=1S/C23H29N4O4/c1-16-12-20(23(29)25-6-7-27-8-10-31-11-9-27)21(14-19(16)22(24)28)26-15-17-4-3-5-18(13-17)30-2/h3-5,12-14,26H,1,6-11,15H2,2H3,(H2,24,28)(H,25,29). The Morgan fingerprint density at radius 3 is 2.68 bits per heavy atom. The van der Waals surface area contributed by atoms with E-state index in [-0.39, 0.29) is 11.5 Å². The van der Waals surface area contributed by atoms with Crippen molar-refractivity contribution >= 4 is 17.5 Å². The molecule has 0 atom stereocenters. The first kappa shape index (κ1) is 22.6. The highest BCUT2D eigenvalue weighted by molar-refractivity contribution is 6.03. The Kier molecular flexibility index (Phi) is 7.86. The number of anilines is 1. The lowest BCUT2D eigenvalue weighted by Crippen LogP contribution is -2.41. The van der Waals surface area contributed by atoms with E-state index >= 15 is 0 Å². The molecule has 0 saturated carbocycles. The van der Waals surface area contributed by atoms with Crippen LogP contribution in [-0.2, 0) is 11.3 Å². The maximum atomic E-state index is 12.9. The van der Waals surface area contributed by atoms with Crippen LogP contribution in [0.4, 0.5) is 5.69 Å². The predicted octanol–water partition coefficient (Wildman–Crippen LogP) is 1.65. The number of hydrogen-bond donors (Lipinski definition) is 3. The smallest absolute Gasteiger partial charge is 0.253 e. The lowest BCUT2D eigenvalue weighted by Gasteiger charge is -2.26. The van der Waals surface area contributed by atoms with Gasteiger partial charge in [0.05, 0.1) is 25.9 Å². The molecule has 3 rings (SSSR count). The maximum absolute atomic E-state index is 12.9. The minimum atomic E-state index is -0.589. The number of hydrogen-bond acceptors (Lipinski definition) is 6. The number of nitrogens with zero attached hydrogens (tertiary/aromatic N) is 1. The highest BCUT2D eigenvalue weighted by Gasteiger charge is 2.17. The molecule has 2 amide bonds. The highest BCUT2D eigenvalue weighted by Crippen LogP contribution is 2.23. The van der Waals surface area contributed by atoms with Crippen LogP contribution >= 0.6 is 0 Å². The topological polar surface area (TPSA) is 106 Å². The lowest BCUT2D eigenvalue weighted by atomic mass is 10.0. The number of primary amides is 1. The van der Waals surface area contributed by atoms with Gasteiger partial charge in [0.1, 0.15) is 5.75 Å². The van der Waals surface area contributed by atoms with Crippen molar-refractivity contribution in [3.8, 4) is 5.75 Å². The van der Waals surface area contributed by atoms with E-state index in [0.717, 1.165) is 30.9 Å². The Morgan fingerprint density at radius 1 is 1.19 bits per heavy atom. The van der Waals surface area contributed by atoms with Gasteiger partial charge in [-0.2, -0.15) is 0 Å². The second kappa shape index (κ2) is 10.8. The molecule has 1 aliphatic heterocycles. The van der Waals surface area contributed by atoms with Gasteiger partial charge in [-0.3, -0.25) is 14.5 Å². The average molecular weight is 426 g/mol. The summed E-state index contributed by atoms with van der Waals surface area (Å²) in [6.07, 6.45) is 0. The summed E-state index contributed by atoms with van der Waals surface area (Å²) in [5, 5.41) is 6.20. The summed E-state index contributed by atoms with van der Waals surface area (Å²) in [4.78, 5) is 26.9. The van der Waals surface area contributed by atoms with Crippen LogP contribution in [0.15, 0.2) is 36.4 Å². The molecule has 8 heteroatoms. The van der Waals surface area contributed by atoms with E-state index in [0.29, 0.717) is 43.1 Å². The monoisotopic (exact) mass is 425 g/mol. The van der Waals surface area contributed by atoms with Crippen LogP contribution in [0, 0.1) is 6.92 Å². The van der Waals surface area contributed by atoms with Crippen molar-refractivity contribution in [3.05, 3.63) is 65.6 Å². The van der Waals surface area contributed by atoms with Gasteiger partial charge in [0, 0.05) is 44.0 Å². The minimum Gasteiger partial charge on any atom is -0.497 e. The number of nitrogens with two attached hydrogens (primary N) is 1. The van der Waals surface area contributed by atoms with Crippen LogP contribution in [0.2, 0.25) is 0 Å². The molecule has 2 aromatic rings. The summed E-state index contributed by atoms with van der Waals surface area (Å²) in [5.74, 6) is -0.0812. The fourth-order valence-electron chi connectivity index (χ4n) is 3.44. The van der Waals surface area contributed by atoms with Crippen molar-refractivity contribution in [1.29, 1.82) is 0 Å². The zero-order chi connectivity index (χ0) is 22.2. The van der Waals surface area contributed by atoms with Gasteiger partial charge < -0.3 is 25.8 Å². The summed E-state index contributed by atoms with van der Waals surface area (Å²) < 4.78 is 10.6. The largest absolute Gasteiger partial charge is 0.497 e. The van der Waals surface area contributed by atoms with E-state index in [2.05, 4.69) is 22.5 Å². The third-order valence-corrected chi connectivity index (χ3v) is 5.19. The summed E-state index contributed by atoms with van der Waals surface area (Å²) in [6, 6.07) is 10.8. The van der Waals surface area contributed by atoms with Crippen LogP contribution in [-0.4, -0.2) is 63.2 Å². The third-order valence-electron chi connectivity index (χ3n) is 5.19. The molecule has 1 saturated heterocycles. The molecule has 1 radical (unpaired) electrons. The zero-order valence-electron chi connectivity index (χ0n) is 17.8. The second-order valence-electron chi connectivity index (χ2n) is 7.33. The van der Waals surface area contributed by atoms with Crippen LogP contribution in [0.1, 0.15) is 31.8 Å². The van der Waals surface area contributed by atoms with E-state index in [1.807, 2.05) is 24.3 Å². The molecule has 4 N–H and O–H groups in total. The van der Waals surface area contributed by atoms with Gasteiger partial charge in [-0.15, -0.1) is 0 Å². The first-order chi connectivity index (χ1) is 15.0. The molecule has 165 valence electrons. The van der Waals surface area contributed by atoms with Gasteiger partial charge in [-0.25, -0.2) is 0 Å². The molecule has 1 fully saturated rings. The van der Waals surface area contributed by atoms with Gasteiger partial charge in [0.2, 0.25) is 5.91 Å². The molecule has 0 spiro atoms. The maximum Gasteiger partial charge on any atom is 0.253 e. The van der Waals surface area contributed by atoms with E-state index in [9.17, 15) is 9.59 Å². The molecule has 31 heavy (non-hydrogen) atoms. The number of methoxy groups -OCH3 is 1. The van der Waals surface area contributed by atoms with Crippen molar-refractivity contribution in [2.24, 2.45) is 5.73 Å². The van der Waals surface area contributed by atoms with E-state index in [1.165, 1.54) is 0 Å². The third kappa shape index (κ3) is 6.19. The fraction of sp³-hybridized carbons (Fsp3) is 0.348. The number of ether oxygens (including phenoxy) is 2. The highest BCUT2D eigenvalue weighted by atomic mass is 16.5. The minimum absolute atomic E-state index is 0.234. The van der Waals surface area contributed by atoms with Gasteiger partial charge in [-0.1, -0.05) is 12.1 Å². The van der Waals surface area contributed by atoms with Crippen molar-refractivity contribution in [1.82, 2.24) is 10.2 Å². The molecule has 1 aliphatic rings. The van der Waals surface area contributed by atoms with E-state index < -0.39 is 5.91 Å². The van der Waals surface area contributed by atoms with Crippen molar-refractivity contribution in [2.45, 2.75) is 6.54 Å². The summed E-state index contributed by atoms with van der Waals surface area (Å²) >= 11 is 0. The van der Waals surface area contributed by atoms with Crippen LogP contribution in [0.3, 0.4) is 0 Å². The van der Waals surface area contributed by atoms with Crippen molar-refractivity contribution < 1.29 is 19.1 Å². The first-order valence-electron chi connectivity index (χ1n) is 10.2. The molecule has 0 aliphatic carbocycles. The van der Waals surface area contributed by atoms with Crippen LogP contribution in [0.25, 0.3) is 0 Å². The van der Waals surface area contributed by atoms with Gasteiger partial charge >= 0.3 is 0 Å². The fourth-order valence-corrected chi connectivity index (χ4v) is 3.44. The van der Waals surface area contributed by atoms with E-state index in [1.54, 1.807) is 19.2 Å². The SMILES string of the molecule is [CH2]c1cc(C(=O)NCCN2CCOCC2)c(NCc2cccc(OC)c2)cc1C(N)=O. The van der Waals surface area contributed by atoms with Gasteiger partial charge in [0.25, 0.3) is 5.91 Å². The Labute approximate surface area is 182 Å². The second-order valence-corrected chi connectivity index (χ2v) is 7.33. The number of nitrogens with one attached hydrogen (secondary N) is 2. The van der Waals surface area contributed by atoms with Gasteiger partial charge in [0.15, 0.2) is 0 Å². The predicted molar refractivity (Wildman–Crippen MR) is 119 cm³/mol. The summed E-state index contributed by atoms with van der Waals surface area (Å²) in [7, 11) is 1.61. The molecule has 2 aromatic carbocycles. The Balaban J connectivity index is 1.73. The average Bonchev–Trinajstić information content (AvgIpc) is 2.78. The lowest BCUT2D eigenvalue weighted by molar-refractivity contribution is 0.0383. The molecule has 1 heterocycles. The van der Waals surface area contributed by atoms with Crippen LogP contribution in [0.5, 0.6) is 5.75 Å². The van der Waals surface area contributed by atoms with E-state index in [4.69, 9.17) is 15.2 Å². The Hall–Kier alpha value is -3.10. The number of carbonyl (C=O) groups excluding carboxylic acids is 2. The molecular formula is C23H29N4O4. The molecule has 0 unspecified atom stereocenters. The molecule has 8 nitrogen and oxygen atoms in total. The number of benzene rings is 2. The van der Waals surface area contributed by atoms with Crippen LogP contribution < -0.4 is 21.1 Å². The molecule has 0 aromatic heterocycles. The number of rotatable bonds is 9. The molecule has 0 bridgehead atoms. The Morgan fingerprint density at radius 2 is 1.97 bits per heavy atom. The summed E-state index contributed by atoms with van der Waals surface area (Å²) in [6.45, 7) is 8.73. The zero-order valence-corrected chi connectivity index (χ0v) is 17.8. The quantitative estimate of drug-likeness (QED) is 0.564. The van der Waals surface area contributed by atoms with Crippen molar-refractivity contribution in [2.75, 3.05) is 51.8 Å². The summed E-state index contributed by atoms with van der Waals surface area (Å²) in [5.41, 5.74) is 8.08. The van der Waals surface area contributed by atoms with Crippen molar-refractivity contribution in [3.63, 3.8) is 0 Å². The first-order valence-corrected chi connectivity index (χ1v) is 10.2. The normalized spacial score (nSPS) is 14.1. The van der Waals surface area contributed by atoms with Gasteiger partial charge in [-0.05, 0) is 42.3 Å². The number of morpholine rings is 1. The number of carbonyl (C=O) groups is 2. The number of amides is 2. The molecular weight excluding hydrogens is 396 g/mol.